The SMILES string of the molecule is CCc1nc(Cl)cc(Nc2cc(F)c(F)cc2F)n1. The lowest BCUT2D eigenvalue weighted by molar-refractivity contribution is 0.496. The molecule has 0 atom stereocenters. The van der Waals surface area contributed by atoms with Gasteiger partial charge >= 0.3 is 0 Å². The van der Waals surface area contributed by atoms with Crippen molar-refractivity contribution >= 4 is 23.1 Å². The highest BCUT2D eigenvalue weighted by Gasteiger charge is 2.11. The normalized spacial score (nSPS) is 10.6. The summed E-state index contributed by atoms with van der Waals surface area (Å²) in [6, 6.07) is 2.54. The first kappa shape index (κ1) is 13.6. The molecule has 0 fully saturated rings. The number of halogens is 4. The predicted molar refractivity (Wildman–Crippen MR) is 66.0 cm³/mol. The molecule has 0 unspecified atom stereocenters. The smallest absolute Gasteiger partial charge is 0.161 e. The zero-order chi connectivity index (χ0) is 14.0. The summed E-state index contributed by atoms with van der Waals surface area (Å²) in [4.78, 5) is 7.99. The molecule has 0 spiro atoms. The maximum absolute atomic E-state index is 13.5. The first-order chi connectivity index (χ1) is 8.99. The van der Waals surface area contributed by atoms with Crippen molar-refractivity contribution in [2.24, 2.45) is 0 Å². The molecule has 0 radical (unpaired) electrons. The molecule has 0 aliphatic heterocycles. The molecule has 2 rings (SSSR count). The second kappa shape index (κ2) is 5.44. The van der Waals surface area contributed by atoms with E-state index in [1.54, 1.807) is 0 Å². The zero-order valence-electron chi connectivity index (χ0n) is 9.85. The van der Waals surface area contributed by atoms with Crippen molar-refractivity contribution in [2.45, 2.75) is 13.3 Å². The number of aryl methyl sites for hydroxylation is 1. The molecule has 0 saturated carbocycles. The van der Waals surface area contributed by atoms with Crippen LogP contribution in [0.3, 0.4) is 0 Å². The minimum atomic E-state index is -1.25. The topological polar surface area (TPSA) is 37.8 Å². The molecule has 1 aromatic carbocycles. The average Bonchev–Trinajstić information content (AvgIpc) is 2.35. The van der Waals surface area contributed by atoms with Gasteiger partial charge in [-0.2, -0.15) is 0 Å². The maximum atomic E-state index is 13.5. The Morgan fingerprint density at radius 3 is 2.42 bits per heavy atom. The van der Waals surface area contributed by atoms with Crippen LogP contribution in [0.4, 0.5) is 24.7 Å². The third kappa shape index (κ3) is 3.14. The van der Waals surface area contributed by atoms with E-state index < -0.39 is 17.5 Å². The lowest BCUT2D eigenvalue weighted by atomic mass is 10.3. The molecule has 1 aromatic heterocycles. The van der Waals surface area contributed by atoms with Gasteiger partial charge in [0, 0.05) is 24.6 Å². The van der Waals surface area contributed by atoms with Crippen LogP contribution >= 0.6 is 11.6 Å². The Bertz CT molecular complexity index is 619. The molecule has 0 bridgehead atoms. The largest absolute Gasteiger partial charge is 0.338 e. The highest BCUT2D eigenvalue weighted by Crippen LogP contribution is 2.23. The van der Waals surface area contributed by atoms with Gasteiger partial charge in [0.25, 0.3) is 0 Å². The van der Waals surface area contributed by atoms with Gasteiger partial charge in [-0.1, -0.05) is 18.5 Å². The van der Waals surface area contributed by atoms with E-state index in [9.17, 15) is 13.2 Å². The molecule has 2 aromatic rings. The van der Waals surface area contributed by atoms with Crippen molar-refractivity contribution < 1.29 is 13.2 Å². The van der Waals surface area contributed by atoms with Crippen LogP contribution in [0.25, 0.3) is 0 Å². The van der Waals surface area contributed by atoms with E-state index in [4.69, 9.17) is 11.6 Å². The quantitative estimate of drug-likeness (QED) is 0.688. The van der Waals surface area contributed by atoms with Gasteiger partial charge in [-0.25, -0.2) is 23.1 Å². The van der Waals surface area contributed by atoms with Gasteiger partial charge < -0.3 is 5.32 Å². The summed E-state index contributed by atoms with van der Waals surface area (Å²) < 4.78 is 39.3. The lowest BCUT2D eigenvalue weighted by Gasteiger charge is -2.08. The van der Waals surface area contributed by atoms with Gasteiger partial charge in [0.1, 0.15) is 22.6 Å². The van der Waals surface area contributed by atoms with E-state index in [0.29, 0.717) is 24.4 Å². The Kier molecular flexibility index (Phi) is 3.90. The average molecular weight is 288 g/mol. The fourth-order valence-corrected chi connectivity index (χ4v) is 1.64. The molecular weight excluding hydrogens is 279 g/mol. The van der Waals surface area contributed by atoms with Crippen LogP contribution in [0, 0.1) is 17.5 Å². The number of anilines is 2. The van der Waals surface area contributed by atoms with Crippen molar-refractivity contribution in [3.63, 3.8) is 0 Å². The monoisotopic (exact) mass is 287 g/mol. The first-order valence-corrected chi connectivity index (χ1v) is 5.82. The van der Waals surface area contributed by atoms with E-state index in [2.05, 4.69) is 15.3 Å². The number of rotatable bonds is 3. The van der Waals surface area contributed by atoms with Crippen LogP contribution in [0.15, 0.2) is 18.2 Å². The summed E-state index contributed by atoms with van der Waals surface area (Å²) in [5, 5.41) is 2.72. The molecule has 100 valence electrons. The number of aromatic nitrogens is 2. The summed E-state index contributed by atoms with van der Waals surface area (Å²) in [5.74, 6) is -2.66. The number of nitrogens with one attached hydrogen (secondary N) is 1. The van der Waals surface area contributed by atoms with E-state index in [0.717, 1.165) is 0 Å². The Hall–Kier alpha value is -1.82. The zero-order valence-corrected chi connectivity index (χ0v) is 10.6. The minimum absolute atomic E-state index is 0.178. The summed E-state index contributed by atoms with van der Waals surface area (Å²) >= 11 is 5.77. The predicted octanol–water partition coefficient (Wildman–Crippen LogP) is 3.85. The van der Waals surface area contributed by atoms with Crippen molar-refractivity contribution in [3.8, 4) is 0 Å². The van der Waals surface area contributed by atoms with Gasteiger partial charge in [-0.15, -0.1) is 0 Å². The van der Waals surface area contributed by atoms with Crippen LogP contribution < -0.4 is 5.32 Å². The maximum Gasteiger partial charge on any atom is 0.161 e. The van der Waals surface area contributed by atoms with Gasteiger partial charge in [-0.05, 0) is 0 Å². The summed E-state index contributed by atoms with van der Waals surface area (Å²) in [7, 11) is 0. The molecule has 1 heterocycles. The fourth-order valence-electron chi connectivity index (χ4n) is 1.44. The number of hydrogen-bond acceptors (Lipinski definition) is 3. The van der Waals surface area contributed by atoms with Crippen LogP contribution in [0.2, 0.25) is 5.15 Å². The standard InChI is InChI=1S/C12H9ClF3N3/c1-2-11-18-10(13)5-12(19-11)17-9-4-7(15)6(14)3-8(9)16/h3-5H,2H2,1H3,(H,17,18,19). The van der Waals surface area contributed by atoms with Crippen molar-refractivity contribution in [1.82, 2.24) is 9.97 Å². The summed E-state index contributed by atoms with van der Waals surface area (Å²) in [6.07, 6.45) is 0.537. The highest BCUT2D eigenvalue weighted by atomic mass is 35.5. The van der Waals surface area contributed by atoms with Gasteiger partial charge in [0.05, 0.1) is 5.69 Å². The first-order valence-electron chi connectivity index (χ1n) is 5.44. The second-order valence-electron chi connectivity index (χ2n) is 3.72. The Morgan fingerprint density at radius 1 is 1.05 bits per heavy atom. The molecule has 1 N–H and O–H groups in total. The molecule has 7 heteroatoms. The number of benzene rings is 1. The van der Waals surface area contributed by atoms with E-state index in [1.807, 2.05) is 6.92 Å². The Balaban J connectivity index is 2.36. The van der Waals surface area contributed by atoms with Crippen molar-refractivity contribution in [2.75, 3.05) is 5.32 Å². The third-order valence-corrected chi connectivity index (χ3v) is 2.52. The van der Waals surface area contributed by atoms with Gasteiger partial charge in [0.15, 0.2) is 11.6 Å². The third-order valence-electron chi connectivity index (χ3n) is 2.33. The molecule has 0 aliphatic rings. The fraction of sp³-hybridized carbons (Fsp3) is 0.167. The van der Waals surface area contributed by atoms with E-state index in [1.165, 1.54) is 6.07 Å². The molecule has 0 saturated heterocycles. The molecule has 3 nitrogen and oxygen atoms in total. The summed E-state index contributed by atoms with van der Waals surface area (Å²) in [5.41, 5.74) is -0.226. The number of nitrogens with zero attached hydrogens (tertiary/aromatic N) is 2. The van der Waals surface area contributed by atoms with E-state index >= 15 is 0 Å². The summed E-state index contributed by atoms with van der Waals surface area (Å²) in [6.45, 7) is 1.83. The minimum Gasteiger partial charge on any atom is -0.338 e. The van der Waals surface area contributed by atoms with Gasteiger partial charge in [-0.3, -0.25) is 0 Å². The van der Waals surface area contributed by atoms with Crippen LogP contribution in [-0.2, 0) is 6.42 Å². The number of hydrogen-bond donors (Lipinski definition) is 1. The van der Waals surface area contributed by atoms with Crippen LogP contribution in [0.1, 0.15) is 12.7 Å². The Labute approximate surface area is 112 Å². The van der Waals surface area contributed by atoms with Crippen LogP contribution in [-0.4, -0.2) is 9.97 Å². The van der Waals surface area contributed by atoms with Gasteiger partial charge in [0.2, 0.25) is 0 Å². The molecule has 19 heavy (non-hydrogen) atoms. The molecule has 0 amide bonds. The second-order valence-corrected chi connectivity index (χ2v) is 4.10. The lowest BCUT2D eigenvalue weighted by Crippen LogP contribution is -2.02. The highest BCUT2D eigenvalue weighted by molar-refractivity contribution is 6.29. The molecular formula is C12H9ClF3N3. The van der Waals surface area contributed by atoms with Crippen LogP contribution in [0.5, 0.6) is 0 Å². The van der Waals surface area contributed by atoms with Crippen molar-refractivity contribution in [1.29, 1.82) is 0 Å². The Morgan fingerprint density at radius 2 is 1.74 bits per heavy atom. The van der Waals surface area contributed by atoms with Crippen molar-refractivity contribution in [3.05, 3.63) is 46.6 Å². The molecule has 0 aliphatic carbocycles. The van der Waals surface area contributed by atoms with E-state index in [-0.39, 0.29) is 16.7 Å².